The smallest absolute Gasteiger partial charge is 0.308 e. The van der Waals surface area contributed by atoms with Crippen molar-refractivity contribution in [3.8, 4) is 0 Å². The fourth-order valence-corrected chi connectivity index (χ4v) is 3.80. The highest BCUT2D eigenvalue weighted by atomic mass is 19.1. The number of hydrogen-bond donors (Lipinski definition) is 1. The average Bonchev–Trinajstić information content (AvgIpc) is 2.61. The number of carboxylic acid groups (broad SMARTS) is 1. The predicted octanol–water partition coefficient (Wildman–Crippen LogP) is 2.20. The summed E-state index contributed by atoms with van der Waals surface area (Å²) in [5.41, 5.74) is -0.158. The molecule has 2 aliphatic heterocycles. The number of carbonyl (C=O) groups excluding carboxylic acids is 1. The quantitative estimate of drug-likeness (QED) is 0.919. The van der Waals surface area contributed by atoms with Crippen LogP contribution in [0.15, 0.2) is 24.3 Å². The summed E-state index contributed by atoms with van der Waals surface area (Å²) in [6.45, 7) is 1.67. The number of benzene rings is 1. The molecule has 0 aromatic heterocycles. The van der Waals surface area contributed by atoms with Gasteiger partial charge in [-0.25, -0.2) is 4.39 Å². The van der Waals surface area contributed by atoms with Crippen LogP contribution in [0, 0.1) is 11.7 Å². The Morgan fingerprint density at radius 2 is 2.04 bits per heavy atom. The zero-order valence-electron chi connectivity index (χ0n) is 13.5. The summed E-state index contributed by atoms with van der Waals surface area (Å²) in [5.74, 6) is -1.85. The van der Waals surface area contributed by atoms with Crippen molar-refractivity contribution in [1.82, 2.24) is 4.90 Å². The molecule has 24 heavy (non-hydrogen) atoms. The lowest BCUT2D eigenvalue weighted by Gasteiger charge is -2.42. The van der Waals surface area contributed by atoms with Gasteiger partial charge in [-0.1, -0.05) is 12.1 Å². The monoisotopic (exact) mass is 335 g/mol. The molecule has 1 aromatic rings. The van der Waals surface area contributed by atoms with E-state index in [1.807, 2.05) is 0 Å². The van der Waals surface area contributed by atoms with Gasteiger partial charge in [-0.15, -0.1) is 0 Å². The van der Waals surface area contributed by atoms with Crippen LogP contribution >= 0.6 is 0 Å². The minimum Gasteiger partial charge on any atom is -0.481 e. The molecule has 0 aliphatic carbocycles. The third kappa shape index (κ3) is 3.15. The molecular formula is C18H22FNO4. The second-order valence-corrected chi connectivity index (χ2v) is 6.63. The van der Waals surface area contributed by atoms with Gasteiger partial charge in [0.15, 0.2) is 0 Å². The highest BCUT2D eigenvalue weighted by molar-refractivity contribution is 5.89. The Bertz CT molecular complexity index is 627. The van der Waals surface area contributed by atoms with Gasteiger partial charge in [-0.3, -0.25) is 9.59 Å². The summed E-state index contributed by atoms with van der Waals surface area (Å²) < 4.78 is 19.1. The summed E-state index contributed by atoms with van der Waals surface area (Å²) in [5, 5.41) is 9.26. The molecule has 0 saturated carbocycles. The van der Waals surface area contributed by atoms with E-state index in [0.29, 0.717) is 51.0 Å². The Morgan fingerprint density at radius 3 is 2.71 bits per heavy atom. The number of aliphatic carboxylic acids is 1. The number of ether oxygens (including phenoxy) is 1. The Balaban J connectivity index is 1.91. The second-order valence-electron chi connectivity index (χ2n) is 6.63. The first-order valence-electron chi connectivity index (χ1n) is 8.39. The van der Waals surface area contributed by atoms with Crippen molar-refractivity contribution in [1.29, 1.82) is 0 Å². The fraction of sp³-hybridized carbons (Fsp3) is 0.556. The van der Waals surface area contributed by atoms with Crippen molar-refractivity contribution in [2.24, 2.45) is 5.92 Å². The van der Waals surface area contributed by atoms with Gasteiger partial charge in [0.2, 0.25) is 5.91 Å². The second kappa shape index (κ2) is 6.89. The van der Waals surface area contributed by atoms with Crippen molar-refractivity contribution in [3.63, 3.8) is 0 Å². The summed E-state index contributed by atoms with van der Waals surface area (Å²) in [7, 11) is 0. The van der Waals surface area contributed by atoms with Crippen molar-refractivity contribution in [2.75, 3.05) is 26.3 Å². The molecule has 2 heterocycles. The highest BCUT2D eigenvalue weighted by Gasteiger charge is 2.45. The van der Waals surface area contributed by atoms with Gasteiger partial charge in [0, 0.05) is 26.3 Å². The Morgan fingerprint density at radius 1 is 1.29 bits per heavy atom. The number of nitrogens with zero attached hydrogens (tertiary/aromatic N) is 1. The molecule has 2 saturated heterocycles. The van der Waals surface area contributed by atoms with Gasteiger partial charge in [0.25, 0.3) is 0 Å². The van der Waals surface area contributed by atoms with Gasteiger partial charge >= 0.3 is 5.97 Å². The van der Waals surface area contributed by atoms with Gasteiger partial charge in [-0.2, -0.15) is 0 Å². The maximum Gasteiger partial charge on any atom is 0.308 e. The first-order chi connectivity index (χ1) is 11.5. The molecule has 0 bridgehead atoms. The lowest BCUT2D eigenvalue weighted by atomic mass is 9.72. The van der Waals surface area contributed by atoms with Crippen LogP contribution in [-0.2, 0) is 19.7 Å². The van der Waals surface area contributed by atoms with Gasteiger partial charge in [-0.05, 0) is 43.4 Å². The van der Waals surface area contributed by atoms with E-state index < -0.39 is 17.3 Å². The minimum atomic E-state index is -0.862. The maximum absolute atomic E-state index is 13.7. The third-order valence-corrected chi connectivity index (χ3v) is 5.19. The van der Waals surface area contributed by atoms with E-state index in [1.54, 1.807) is 17.0 Å². The molecule has 1 atom stereocenters. The van der Waals surface area contributed by atoms with Crippen molar-refractivity contribution < 1.29 is 23.8 Å². The minimum absolute atomic E-state index is 0.0950. The largest absolute Gasteiger partial charge is 0.481 e. The molecule has 1 aromatic carbocycles. The molecule has 2 aliphatic rings. The summed E-state index contributed by atoms with van der Waals surface area (Å²) >= 11 is 0. The standard InChI is InChI=1S/C18H22FNO4/c19-15-5-1-4-14(11-15)18(6-9-24-10-7-18)17(23)20-8-2-3-13(12-20)16(21)22/h1,4-5,11,13H,2-3,6-10,12H2,(H,21,22)/t13-/m1/s1. The van der Waals surface area contributed by atoms with Crippen LogP contribution in [0.5, 0.6) is 0 Å². The molecule has 130 valence electrons. The maximum atomic E-state index is 13.7. The van der Waals surface area contributed by atoms with Crippen LogP contribution in [0.25, 0.3) is 0 Å². The van der Waals surface area contributed by atoms with E-state index in [4.69, 9.17) is 4.74 Å². The predicted molar refractivity (Wildman–Crippen MR) is 85.1 cm³/mol. The normalized spacial score (nSPS) is 23.7. The molecule has 5 nitrogen and oxygen atoms in total. The number of halogens is 1. The van der Waals surface area contributed by atoms with Crippen LogP contribution in [0.1, 0.15) is 31.2 Å². The Hall–Kier alpha value is -1.95. The lowest BCUT2D eigenvalue weighted by molar-refractivity contribution is -0.149. The van der Waals surface area contributed by atoms with E-state index in [0.717, 1.165) is 0 Å². The number of carbonyl (C=O) groups is 2. The first-order valence-corrected chi connectivity index (χ1v) is 8.39. The highest BCUT2D eigenvalue weighted by Crippen LogP contribution is 2.38. The van der Waals surface area contributed by atoms with Crippen molar-refractivity contribution in [3.05, 3.63) is 35.6 Å². The van der Waals surface area contributed by atoms with Gasteiger partial charge in [0.05, 0.1) is 11.3 Å². The zero-order valence-corrected chi connectivity index (χ0v) is 13.5. The van der Waals surface area contributed by atoms with E-state index in [9.17, 15) is 19.1 Å². The van der Waals surface area contributed by atoms with E-state index in [2.05, 4.69) is 0 Å². The van der Waals surface area contributed by atoms with Crippen LogP contribution in [0.3, 0.4) is 0 Å². The molecule has 1 amide bonds. The first kappa shape index (κ1) is 16.9. The Kier molecular flexibility index (Phi) is 4.85. The van der Waals surface area contributed by atoms with Crippen molar-refractivity contribution >= 4 is 11.9 Å². The molecule has 0 unspecified atom stereocenters. The molecular weight excluding hydrogens is 313 g/mol. The number of likely N-dealkylation sites (tertiary alicyclic amines) is 1. The molecule has 3 rings (SSSR count). The fourth-order valence-electron chi connectivity index (χ4n) is 3.80. The number of hydrogen-bond acceptors (Lipinski definition) is 3. The zero-order chi connectivity index (χ0) is 17.2. The lowest BCUT2D eigenvalue weighted by Crippen LogP contribution is -2.53. The Labute approximate surface area is 140 Å². The molecule has 0 spiro atoms. The number of rotatable bonds is 3. The topological polar surface area (TPSA) is 66.8 Å². The van der Waals surface area contributed by atoms with Crippen LogP contribution in [0.2, 0.25) is 0 Å². The van der Waals surface area contributed by atoms with Gasteiger partial charge < -0.3 is 14.7 Å². The molecule has 6 heteroatoms. The summed E-state index contributed by atoms with van der Waals surface area (Å²) in [6.07, 6.45) is 2.25. The van der Waals surface area contributed by atoms with Gasteiger partial charge in [0.1, 0.15) is 5.82 Å². The molecule has 2 fully saturated rings. The molecule has 1 N–H and O–H groups in total. The number of amides is 1. The summed E-state index contributed by atoms with van der Waals surface area (Å²) in [6, 6.07) is 6.18. The van der Waals surface area contributed by atoms with Crippen LogP contribution in [0.4, 0.5) is 4.39 Å². The van der Waals surface area contributed by atoms with E-state index in [1.165, 1.54) is 12.1 Å². The number of piperidine rings is 1. The van der Waals surface area contributed by atoms with E-state index in [-0.39, 0.29) is 18.3 Å². The number of carboxylic acids is 1. The molecule has 0 radical (unpaired) electrons. The SMILES string of the molecule is O=C(O)[C@@H]1CCCN(C(=O)C2(c3cccc(F)c3)CCOCC2)C1. The van der Waals surface area contributed by atoms with Crippen LogP contribution < -0.4 is 0 Å². The summed E-state index contributed by atoms with van der Waals surface area (Å²) in [4.78, 5) is 26.2. The van der Waals surface area contributed by atoms with Crippen LogP contribution in [-0.4, -0.2) is 48.2 Å². The third-order valence-electron chi connectivity index (χ3n) is 5.19. The van der Waals surface area contributed by atoms with Crippen molar-refractivity contribution in [2.45, 2.75) is 31.1 Å². The average molecular weight is 335 g/mol. The van der Waals surface area contributed by atoms with E-state index >= 15 is 0 Å².